The third kappa shape index (κ3) is 5.82. The van der Waals surface area contributed by atoms with Crippen LogP contribution < -0.4 is 20.4 Å². The molecule has 0 radical (unpaired) electrons. The Bertz CT molecular complexity index is 1010. The topological polar surface area (TPSA) is 91.0 Å². The minimum atomic E-state index is -4.91. The number of hydrogen-bond acceptors (Lipinski definition) is 5. The molecule has 8 nitrogen and oxygen atoms in total. The summed E-state index contributed by atoms with van der Waals surface area (Å²) in [6.45, 7) is 5.25. The van der Waals surface area contributed by atoms with E-state index < -0.39 is 59.6 Å². The van der Waals surface area contributed by atoms with E-state index in [1.165, 1.54) is 13.8 Å². The number of anilines is 1. The zero-order valence-corrected chi connectivity index (χ0v) is 19.6. The maximum atomic E-state index is 14.0. The van der Waals surface area contributed by atoms with E-state index in [0.29, 0.717) is 6.07 Å². The van der Waals surface area contributed by atoms with Crippen LogP contribution in [0.4, 0.5) is 27.6 Å². The van der Waals surface area contributed by atoms with Gasteiger partial charge in [-0.3, -0.25) is 19.4 Å². The number of carbonyl (C=O) groups is 3. The molecule has 13 heteroatoms. The van der Waals surface area contributed by atoms with Crippen LogP contribution in [0.3, 0.4) is 0 Å². The van der Waals surface area contributed by atoms with Crippen LogP contribution in [0, 0.1) is 0 Å². The van der Waals surface area contributed by atoms with Crippen LogP contribution in [-0.2, 0) is 15.8 Å². The summed E-state index contributed by atoms with van der Waals surface area (Å²) < 4.78 is 72.6. The number of carbonyl (C=O) groups excluding carboxylic acids is 3. The highest BCUT2D eigenvalue weighted by Gasteiger charge is 2.45. The number of rotatable bonds is 8. The van der Waals surface area contributed by atoms with Gasteiger partial charge in [-0.1, -0.05) is 0 Å². The van der Waals surface area contributed by atoms with Gasteiger partial charge in [-0.15, -0.1) is 0 Å². The molecule has 0 saturated heterocycles. The fourth-order valence-corrected chi connectivity index (χ4v) is 3.60. The molecule has 1 heterocycles. The van der Waals surface area contributed by atoms with Crippen molar-refractivity contribution in [1.29, 1.82) is 0 Å². The highest BCUT2D eigenvalue weighted by Crippen LogP contribution is 2.44. The summed E-state index contributed by atoms with van der Waals surface area (Å²) >= 11 is 0. The second-order valence-electron chi connectivity index (χ2n) is 9.20. The Kier molecular flexibility index (Phi) is 7.30. The number of hydrazine groups is 1. The number of ether oxygens (including phenoxy) is 1. The van der Waals surface area contributed by atoms with E-state index in [2.05, 4.69) is 5.43 Å². The van der Waals surface area contributed by atoms with Gasteiger partial charge in [-0.2, -0.15) is 22.0 Å². The Labute approximate surface area is 198 Å². The van der Waals surface area contributed by atoms with Crippen molar-refractivity contribution in [2.75, 3.05) is 18.0 Å². The van der Waals surface area contributed by atoms with Crippen molar-refractivity contribution >= 4 is 23.4 Å². The van der Waals surface area contributed by atoms with Crippen molar-refractivity contribution < 1.29 is 41.1 Å². The SMILES string of the molecule is CC(C)N(NC1CC1)C(=O)c1cc2c(cc1C(F)(F)F)OC(C)(C)C(=O)N2CCNC(=O)C(F)F. The molecule has 194 valence electrons. The van der Waals surface area contributed by atoms with E-state index in [0.717, 1.165) is 28.8 Å². The fourth-order valence-electron chi connectivity index (χ4n) is 3.60. The molecule has 1 aromatic carbocycles. The predicted molar refractivity (Wildman–Crippen MR) is 115 cm³/mol. The molecule has 1 saturated carbocycles. The number of amides is 3. The lowest BCUT2D eigenvalue weighted by molar-refractivity contribution is -0.138. The number of benzene rings is 1. The first-order valence-corrected chi connectivity index (χ1v) is 11.0. The van der Waals surface area contributed by atoms with Crippen LogP contribution in [0.5, 0.6) is 5.75 Å². The minimum absolute atomic E-state index is 0.0195. The van der Waals surface area contributed by atoms with Crippen LogP contribution in [0.2, 0.25) is 0 Å². The molecule has 35 heavy (non-hydrogen) atoms. The van der Waals surface area contributed by atoms with Gasteiger partial charge in [0.25, 0.3) is 17.7 Å². The average molecular weight is 506 g/mol. The lowest BCUT2D eigenvalue weighted by atomic mass is 9.98. The summed E-state index contributed by atoms with van der Waals surface area (Å²) in [4.78, 5) is 38.5. The number of nitrogens with one attached hydrogen (secondary N) is 2. The van der Waals surface area contributed by atoms with Gasteiger partial charge in [0.2, 0.25) is 0 Å². The molecule has 1 aliphatic heterocycles. The van der Waals surface area contributed by atoms with E-state index in [4.69, 9.17) is 4.74 Å². The first-order valence-electron chi connectivity index (χ1n) is 11.0. The van der Waals surface area contributed by atoms with Crippen LogP contribution in [0.25, 0.3) is 0 Å². The van der Waals surface area contributed by atoms with Crippen molar-refractivity contribution in [3.8, 4) is 5.75 Å². The fraction of sp³-hybridized carbons (Fsp3) is 0.591. The molecule has 0 unspecified atom stereocenters. The summed E-state index contributed by atoms with van der Waals surface area (Å²) in [5.74, 6) is -3.46. The number of nitrogens with zero attached hydrogens (tertiary/aromatic N) is 2. The Morgan fingerprint density at radius 1 is 1.23 bits per heavy atom. The lowest BCUT2D eigenvalue weighted by Gasteiger charge is -2.39. The monoisotopic (exact) mass is 506 g/mol. The van der Waals surface area contributed by atoms with E-state index >= 15 is 0 Å². The summed E-state index contributed by atoms with van der Waals surface area (Å²) in [5, 5.41) is 3.08. The Balaban J connectivity index is 2.05. The maximum Gasteiger partial charge on any atom is 0.417 e. The third-order valence-corrected chi connectivity index (χ3v) is 5.52. The number of hydrogen-bond donors (Lipinski definition) is 2. The molecule has 0 bridgehead atoms. The molecule has 3 rings (SSSR count). The van der Waals surface area contributed by atoms with Gasteiger partial charge in [-0.25, -0.2) is 5.43 Å². The molecule has 3 amide bonds. The van der Waals surface area contributed by atoms with Crippen molar-refractivity contribution in [1.82, 2.24) is 15.8 Å². The predicted octanol–water partition coefficient (Wildman–Crippen LogP) is 3.11. The molecule has 1 aromatic rings. The van der Waals surface area contributed by atoms with E-state index in [-0.39, 0.29) is 24.0 Å². The van der Waals surface area contributed by atoms with Gasteiger partial charge in [-0.05, 0) is 52.7 Å². The Morgan fingerprint density at radius 2 is 1.86 bits per heavy atom. The maximum absolute atomic E-state index is 14.0. The van der Waals surface area contributed by atoms with Gasteiger partial charge in [0.05, 0.1) is 16.8 Å². The zero-order valence-electron chi connectivity index (χ0n) is 19.6. The second kappa shape index (κ2) is 9.59. The second-order valence-corrected chi connectivity index (χ2v) is 9.20. The highest BCUT2D eigenvalue weighted by atomic mass is 19.4. The van der Waals surface area contributed by atoms with Crippen LogP contribution in [0.15, 0.2) is 12.1 Å². The van der Waals surface area contributed by atoms with Gasteiger partial charge in [0.15, 0.2) is 5.60 Å². The van der Waals surface area contributed by atoms with Crippen molar-refractivity contribution in [2.24, 2.45) is 0 Å². The summed E-state index contributed by atoms with van der Waals surface area (Å²) in [6, 6.07) is 1.09. The molecular weight excluding hydrogens is 479 g/mol. The van der Waals surface area contributed by atoms with Crippen LogP contribution in [0.1, 0.15) is 56.5 Å². The molecule has 0 spiro atoms. The largest absolute Gasteiger partial charge is 0.476 e. The lowest BCUT2D eigenvalue weighted by Crippen LogP contribution is -2.54. The normalized spacial score (nSPS) is 17.3. The first kappa shape index (κ1) is 26.6. The van der Waals surface area contributed by atoms with Crippen LogP contribution >= 0.6 is 0 Å². The average Bonchev–Trinajstić information content (AvgIpc) is 3.56. The van der Waals surface area contributed by atoms with Gasteiger partial charge in [0, 0.05) is 25.2 Å². The van der Waals surface area contributed by atoms with Crippen molar-refractivity contribution in [2.45, 2.75) is 70.8 Å². The summed E-state index contributed by atoms with van der Waals surface area (Å²) in [7, 11) is 0. The molecule has 1 fully saturated rings. The zero-order chi connectivity index (χ0) is 26.3. The standard InChI is InChI=1S/C22H27F5N4O4/c1-11(2)31(29-12-5-6-12)19(33)13-9-15-16(10-14(13)22(25,26)27)35-21(3,4)20(34)30(15)8-7-28-18(32)17(23)24/h9-12,17,29H,5-8H2,1-4H3,(H,28,32). The molecule has 2 aliphatic rings. The molecule has 0 aromatic heterocycles. The molecule has 0 atom stereocenters. The smallest absolute Gasteiger partial charge is 0.417 e. The molecule has 1 aliphatic carbocycles. The van der Waals surface area contributed by atoms with Gasteiger partial charge in [0.1, 0.15) is 5.75 Å². The van der Waals surface area contributed by atoms with Crippen molar-refractivity contribution in [3.63, 3.8) is 0 Å². The number of halogens is 5. The van der Waals surface area contributed by atoms with Gasteiger partial charge < -0.3 is 15.0 Å². The molecule has 2 N–H and O–H groups in total. The Morgan fingerprint density at radius 3 is 2.37 bits per heavy atom. The summed E-state index contributed by atoms with van der Waals surface area (Å²) in [6.07, 6.45) is -6.61. The first-order chi connectivity index (χ1) is 16.1. The summed E-state index contributed by atoms with van der Waals surface area (Å²) in [5.41, 5.74) is -0.720. The quantitative estimate of drug-likeness (QED) is 0.418. The molecular formula is C22H27F5N4O4. The van der Waals surface area contributed by atoms with E-state index in [1.807, 2.05) is 5.32 Å². The minimum Gasteiger partial charge on any atom is -0.476 e. The van der Waals surface area contributed by atoms with Crippen LogP contribution in [-0.4, -0.2) is 59.9 Å². The highest BCUT2D eigenvalue weighted by molar-refractivity contribution is 6.05. The van der Waals surface area contributed by atoms with Crippen molar-refractivity contribution in [3.05, 3.63) is 23.3 Å². The number of fused-ring (bicyclic) bond motifs is 1. The van der Waals surface area contributed by atoms with Gasteiger partial charge >= 0.3 is 12.6 Å². The number of alkyl halides is 5. The third-order valence-electron chi connectivity index (χ3n) is 5.52. The Hall–Kier alpha value is -2.96. The van der Waals surface area contributed by atoms with E-state index in [9.17, 15) is 36.3 Å². The van der Waals surface area contributed by atoms with E-state index in [1.54, 1.807) is 13.8 Å².